The third-order valence-corrected chi connectivity index (χ3v) is 3.68. The molecule has 0 radical (unpaired) electrons. The van der Waals surface area contributed by atoms with Gasteiger partial charge in [0.2, 0.25) is 0 Å². The summed E-state index contributed by atoms with van der Waals surface area (Å²) in [5.74, 6) is 2.32. The number of thioether (sulfide) groups is 1. The van der Waals surface area contributed by atoms with E-state index in [-0.39, 0.29) is 6.04 Å². The van der Waals surface area contributed by atoms with Crippen LogP contribution in [0.5, 0.6) is 0 Å². The molecule has 2 rings (SSSR count). The van der Waals surface area contributed by atoms with Crippen LogP contribution >= 0.6 is 11.8 Å². The second-order valence-corrected chi connectivity index (χ2v) is 4.70. The highest BCUT2D eigenvalue weighted by atomic mass is 32.2. The van der Waals surface area contributed by atoms with Gasteiger partial charge in [0.25, 0.3) is 0 Å². The van der Waals surface area contributed by atoms with Crippen LogP contribution in [0, 0.1) is 6.92 Å². The van der Waals surface area contributed by atoms with Gasteiger partial charge in [0.15, 0.2) is 0 Å². The molecule has 0 spiro atoms. The average molecular weight is 193 g/mol. The smallest absolute Gasteiger partial charge is 0.0305 e. The molecule has 1 unspecified atom stereocenters. The molecule has 0 saturated heterocycles. The predicted molar refractivity (Wildman–Crippen MR) is 58.9 cm³/mol. The fourth-order valence-corrected chi connectivity index (χ4v) is 2.97. The van der Waals surface area contributed by atoms with E-state index in [1.165, 1.54) is 22.4 Å². The first-order valence-electron chi connectivity index (χ1n) is 4.71. The number of fused-ring (bicyclic) bond motifs is 1. The Hall–Kier alpha value is -0.470. The van der Waals surface area contributed by atoms with E-state index >= 15 is 0 Å². The van der Waals surface area contributed by atoms with Crippen molar-refractivity contribution in [3.05, 3.63) is 34.9 Å². The van der Waals surface area contributed by atoms with Crippen LogP contribution in [0.3, 0.4) is 0 Å². The monoisotopic (exact) mass is 193 g/mol. The van der Waals surface area contributed by atoms with Crippen molar-refractivity contribution in [2.24, 2.45) is 5.73 Å². The van der Waals surface area contributed by atoms with Crippen molar-refractivity contribution in [3.63, 3.8) is 0 Å². The summed E-state index contributed by atoms with van der Waals surface area (Å²) < 4.78 is 0. The maximum atomic E-state index is 6.10. The molecule has 13 heavy (non-hydrogen) atoms. The fourth-order valence-electron chi connectivity index (χ4n) is 1.81. The molecule has 0 aliphatic carbocycles. The van der Waals surface area contributed by atoms with Gasteiger partial charge < -0.3 is 5.73 Å². The molecule has 0 amide bonds. The topological polar surface area (TPSA) is 26.0 Å². The summed E-state index contributed by atoms with van der Waals surface area (Å²) in [7, 11) is 0. The number of nitrogens with two attached hydrogens (primary N) is 1. The number of hydrogen-bond donors (Lipinski definition) is 1. The molecular formula is C11H15NS. The first-order valence-corrected chi connectivity index (χ1v) is 5.86. The van der Waals surface area contributed by atoms with Crippen LogP contribution < -0.4 is 5.73 Å². The van der Waals surface area contributed by atoms with Crippen LogP contribution in [0.4, 0.5) is 0 Å². The summed E-state index contributed by atoms with van der Waals surface area (Å²) in [4.78, 5) is 0. The maximum absolute atomic E-state index is 6.10. The van der Waals surface area contributed by atoms with Gasteiger partial charge in [-0.3, -0.25) is 0 Å². The van der Waals surface area contributed by atoms with E-state index < -0.39 is 0 Å². The number of aryl methyl sites for hydroxylation is 1. The lowest BCUT2D eigenvalue weighted by molar-refractivity contribution is 0.704. The first-order chi connectivity index (χ1) is 6.29. The van der Waals surface area contributed by atoms with Crippen molar-refractivity contribution in [2.75, 3.05) is 5.75 Å². The van der Waals surface area contributed by atoms with E-state index in [0.717, 1.165) is 12.2 Å². The van der Waals surface area contributed by atoms with E-state index in [1.54, 1.807) is 0 Å². The quantitative estimate of drug-likeness (QED) is 0.685. The summed E-state index contributed by atoms with van der Waals surface area (Å²) in [5, 5.41) is 0. The highest BCUT2D eigenvalue weighted by Gasteiger charge is 2.15. The van der Waals surface area contributed by atoms with Crippen molar-refractivity contribution in [3.8, 4) is 0 Å². The van der Waals surface area contributed by atoms with Crippen molar-refractivity contribution < 1.29 is 0 Å². The Morgan fingerprint density at radius 2 is 2.31 bits per heavy atom. The molecule has 1 aromatic carbocycles. The van der Waals surface area contributed by atoms with Gasteiger partial charge in [0.05, 0.1) is 0 Å². The summed E-state index contributed by atoms with van der Waals surface area (Å²) in [6.07, 6.45) is 1.11. The molecular weight excluding hydrogens is 178 g/mol. The average Bonchev–Trinajstić information content (AvgIpc) is 2.30. The minimum Gasteiger partial charge on any atom is -0.324 e. The van der Waals surface area contributed by atoms with Gasteiger partial charge in [-0.15, -0.1) is 0 Å². The third-order valence-electron chi connectivity index (χ3n) is 2.67. The Morgan fingerprint density at radius 3 is 3.15 bits per heavy atom. The van der Waals surface area contributed by atoms with Crippen molar-refractivity contribution in [1.82, 2.24) is 0 Å². The van der Waals surface area contributed by atoms with E-state index in [1.807, 2.05) is 11.8 Å². The summed E-state index contributed by atoms with van der Waals surface area (Å²) in [5.41, 5.74) is 10.3. The van der Waals surface area contributed by atoms with Crippen molar-refractivity contribution in [1.29, 1.82) is 0 Å². The highest BCUT2D eigenvalue weighted by Crippen LogP contribution is 2.30. The zero-order valence-electron chi connectivity index (χ0n) is 7.92. The van der Waals surface area contributed by atoms with E-state index in [9.17, 15) is 0 Å². The van der Waals surface area contributed by atoms with Crippen molar-refractivity contribution >= 4 is 11.8 Å². The van der Waals surface area contributed by atoms with Gasteiger partial charge in [0, 0.05) is 11.8 Å². The van der Waals surface area contributed by atoms with Gasteiger partial charge in [-0.1, -0.05) is 18.2 Å². The fraction of sp³-hybridized carbons (Fsp3) is 0.455. The summed E-state index contributed by atoms with van der Waals surface area (Å²) in [6, 6.07) is 6.73. The first kappa shape index (κ1) is 9.10. The largest absolute Gasteiger partial charge is 0.324 e. The molecule has 1 aliphatic heterocycles. The number of benzene rings is 1. The molecule has 1 heterocycles. The molecule has 70 valence electrons. The van der Waals surface area contributed by atoms with Crippen LogP contribution in [0.25, 0.3) is 0 Å². The van der Waals surface area contributed by atoms with E-state index in [4.69, 9.17) is 5.73 Å². The maximum Gasteiger partial charge on any atom is 0.0305 e. The molecule has 1 nitrogen and oxygen atoms in total. The van der Waals surface area contributed by atoms with Crippen LogP contribution in [-0.4, -0.2) is 5.75 Å². The minimum atomic E-state index is 0.255. The van der Waals surface area contributed by atoms with Gasteiger partial charge >= 0.3 is 0 Å². The lowest BCUT2D eigenvalue weighted by Crippen LogP contribution is -2.11. The zero-order valence-corrected chi connectivity index (χ0v) is 8.73. The van der Waals surface area contributed by atoms with E-state index in [0.29, 0.717) is 0 Å². The van der Waals surface area contributed by atoms with Crippen LogP contribution in [-0.2, 0) is 5.75 Å². The molecule has 2 N–H and O–H groups in total. The van der Waals surface area contributed by atoms with Gasteiger partial charge in [-0.05, 0) is 35.8 Å². The molecule has 1 aliphatic rings. The highest BCUT2D eigenvalue weighted by molar-refractivity contribution is 7.98. The summed E-state index contributed by atoms with van der Waals surface area (Å²) >= 11 is 2.00. The Morgan fingerprint density at radius 1 is 1.46 bits per heavy atom. The van der Waals surface area contributed by atoms with Crippen LogP contribution in [0.15, 0.2) is 18.2 Å². The number of hydrogen-bond acceptors (Lipinski definition) is 2. The molecule has 1 aromatic rings. The Bertz CT molecular complexity index is 309. The normalized spacial score (nSPS) is 22.2. The van der Waals surface area contributed by atoms with Crippen LogP contribution in [0.2, 0.25) is 0 Å². The molecule has 2 heteroatoms. The Labute approximate surface area is 83.7 Å². The lowest BCUT2D eigenvalue weighted by Gasteiger charge is -2.13. The van der Waals surface area contributed by atoms with Gasteiger partial charge in [-0.2, -0.15) is 11.8 Å². The molecule has 0 bridgehead atoms. The molecule has 0 fully saturated rings. The Kier molecular flexibility index (Phi) is 2.61. The second kappa shape index (κ2) is 3.72. The van der Waals surface area contributed by atoms with Crippen LogP contribution in [0.1, 0.15) is 29.2 Å². The third kappa shape index (κ3) is 1.74. The standard InChI is InChI=1S/C11H15NS/c1-8-3-2-4-9-10(8)7-13-6-5-11(9)12/h2-4,11H,5-7,12H2,1H3. The summed E-state index contributed by atoms with van der Waals surface area (Å²) in [6.45, 7) is 2.18. The second-order valence-electron chi connectivity index (χ2n) is 3.59. The van der Waals surface area contributed by atoms with Gasteiger partial charge in [0.1, 0.15) is 0 Å². The van der Waals surface area contributed by atoms with Crippen molar-refractivity contribution in [2.45, 2.75) is 25.1 Å². The SMILES string of the molecule is Cc1cccc2c1CSCCC2N. The minimum absolute atomic E-state index is 0.255. The van der Waals surface area contributed by atoms with Gasteiger partial charge in [-0.25, -0.2) is 0 Å². The molecule has 1 atom stereocenters. The Balaban J connectivity index is 2.47. The lowest BCUT2D eigenvalue weighted by atomic mass is 9.97. The number of rotatable bonds is 0. The molecule has 0 saturated carbocycles. The van der Waals surface area contributed by atoms with E-state index in [2.05, 4.69) is 25.1 Å². The molecule has 0 aromatic heterocycles. The predicted octanol–water partition coefficient (Wildman–Crippen LogP) is 2.63. The zero-order chi connectivity index (χ0) is 9.26.